The molecule has 1 rings (SSSR count). The van der Waals surface area contributed by atoms with Crippen LogP contribution in [0.1, 0.15) is 6.42 Å². The number of hydrazine groups is 1. The summed E-state index contributed by atoms with van der Waals surface area (Å²) in [6, 6.07) is 0. The Morgan fingerprint density at radius 1 is 1.33 bits per heavy atom. The van der Waals surface area contributed by atoms with Crippen LogP contribution >= 0.6 is 12.4 Å². The summed E-state index contributed by atoms with van der Waals surface area (Å²) in [6.07, 6.45) is 1.29. The minimum absolute atomic E-state index is 0. The molecule has 2 nitrogen and oxygen atoms in total. The topological polar surface area (TPSA) is 29.3 Å². The molecule has 0 radical (unpaired) electrons. The van der Waals surface area contributed by atoms with Gasteiger partial charge in [0, 0.05) is 13.1 Å². The first kappa shape index (κ1) is 6.21. The molecular formula is C3H9ClN2. The molecule has 0 unspecified atom stereocenters. The molecule has 0 saturated carbocycles. The average Bonchev–Trinajstić information content (AvgIpc) is 1.30. The van der Waals surface area contributed by atoms with Crippen LogP contribution in [0.4, 0.5) is 0 Å². The van der Waals surface area contributed by atoms with Crippen LogP contribution < -0.4 is 5.84 Å². The number of nitrogens with two attached hydrogens (primary N) is 1. The standard InChI is InChI=1S/C3H8N2.ClH/c4-5-2-1-3-5;/h1-4H2;1H. The van der Waals surface area contributed by atoms with Gasteiger partial charge in [-0.3, -0.25) is 5.84 Å². The van der Waals surface area contributed by atoms with Crippen molar-refractivity contribution in [2.75, 3.05) is 13.1 Å². The second-order valence-corrected chi connectivity index (χ2v) is 1.39. The molecule has 0 bridgehead atoms. The van der Waals surface area contributed by atoms with Crippen LogP contribution in [0.3, 0.4) is 0 Å². The van der Waals surface area contributed by atoms with Crippen LogP contribution in [0.2, 0.25) is 0 Å². The predicted octanol–water partition coefficient (Wildman–Crippen LogP) is -0.0124. The van der Waals surface area contributed by atoms with E-state index >= 15 is 0 Å². The van der Waals surface area contributed by atoms with Crippen molar-refractivity contribution < 1.29 is 0 Å². The van der Waals surface area contributed by atoms with Crippen molar-refractivity contribution >= 4 is 12.4 Å². The second kappa shape index (κ2) is 2.39. The van der Waals surface area contributed by atoms with E-state index in [1.54, 1.807) is 5.01 Å². The van der Waals surface area contributed by atoms with Gasteiger partial charge in [-0.2, -0.15) is 0 Å². The van der Waals surface area contributed by atoms with Gasteiger partial charge in [-0.25, -0.2) is 5.01 Å². The fourth-order valence-corrected chi connectivity index (χ4v) is 0.341. The highest BCUT2D eigenvalue weighted by Crippen LogP contribution is 1.95. The Kier molecular flexibility index (Phi) is 2.48. The van der Waals surface area contributed by atoms with Gasteiger partial charge in [-0.05, 0) is 6.42 Å². The van der Waals surface area contributed by atoms with Crippen molar-refractivity contribution in [1.29, 1.82) is 0 Å². The van der Waals surface area contributed by atoms with Gasteiger partial charge in [0.05, 0.1) is 0 Å². The zero-order valence-electron chi connectivity index (χ0n) is 3.55. The van der Waals surface area contributed by atoms with Crippen LogP contribution in [0.25, 0.3) is 0 Å². The summed E-state index contributed by atoms with van der Waals surface area (Å²) < 4.78 is 0. The SMILES string of the molecule is Cl.NN1CCC1. The molecule has 0 aliphatic carbocycles. The maximum Gasteiger partial charge on any atom is 0.0141 e. The molecule has 3 heteroatoms. The van der Waals surface area contributed by atoms with Gasteiger partial charge in [0.15, 0.2) is 0 Å². The highest BCUT2D eigenvalue weighted by molar-refractivity contribution is 5.85. The summed E-state index contributed by atoms with van der Waals surface area (Å²) in [5.74, 6) is 5.21. The van der Waals surface area contributed by atoms with Gasteiger partial charge in [0.1, 0.15) is 0 Å². The van der Waals surface area contributed by atoms with Gasteiger partial charge in [0.25, 0.3) is 0 Å². The molecule has 1 heterocycles. The number of hydrogen-bond donors (Lipinski definition) is 1. The lowest BCUT2D eigenvalue weighted by Crippen LogP contribution is -2.42. The predicted molar refractivity (Wildman–Crippen MR) is 27.6 cm³/mol. The molecule has 0 aromatic rings. The molecule has 0 aromatic heterocycles. The molecule has 1 aliphatic rings. The lowest BCUT2D eigenvalue weighted by molar-refractivity contribution is 0.186. The number of hydrogen-bond acceptors (Lipinski definition) is 2. The Morgan fingerprint density at radius 3 is 1.67 bits per heavy atom. The summed E-state index contributed by atoms with van der Waals surface area (Å²) in [6.45, 7) is 2.19. The molecule has 2 N–H and O–H groups in total. The van der Waals surface area contributed by atoms with E-state index in [2.05, 4.69) is 0 Å². The van der Waals surface area contributed by atoms with Crippen LogP contribution in [0.15, 0.2) is 0 Å². The largest absolute Gasteiger partial charge is 0.269 e. The van der Waals surface area contributed by atoms with Gasteiger partial charge in [0.2, 0.25) is 0 Å². The van der Waals surface area contributed by atoms with Crippen LogP contribution in [-0.4, -0.2) is 18.1 Å². The van der Waals surface area contributed by atoms with E-state index in [4.69, 9.17) is 5.84 Å². The Bertz CT molecular complexity index is 35.8. The first-order valence-corrected chi connectivity index (χ1v) is 1.89. The number of nitrogens with zero attached hydrogens (tertiary/aromatic N) is 1. The molecule has 1 fully saturated rings. The Morgan fingerprint density at radius 2 is 1.67 bits per heavy atom. The average molecular weight is 109 g/mol. The fourth-order valence-electron chi connectivity index (χ4n) is 0.341. The zero-order chi connectivity index (χ0) is 3.70. The monoisotopic (exact) mass is 108 g/mol. The van der Waals surface area contributed by atoms with Crippen molar-refractivity contribution in [1.82, 2.24) is 5.01 Å². The highest BCUT2D eigenvalue weighted by atomic mass is 35.5. The van der Waals surface area contributed by atoms with Gasteiger partial charge < -0.3 is 0 Å². The third-order valence-electron chi connectivity index (χ3n) is 0.891. The summed E-state index contributed by atoms with van der Waals surface area (Å²) in [7, 11) is 0. The van der Waals surface area contributed by atoms with Crippen molar-refractivity contribution in [3.05, 3.63) is 0 Å². The fraction of sp³-hybridized carbons (Fsp3) is 1.00. The molecule has 0 amide bonds. The third kappa shape index (κ3) is 1.12. The van der Waals surface area contributed by atoms with Gasteiger partial charge in [-0.1, -0.05) is 0 Å². The first-order chi connectivity index (χ1) is 2.39. The second-order valence-electron chi connectivity index (χ2n) is 1.39. The van der Waals surface area contributed by atoms with Gasteiger partial charge >= 0.3 is 0 Å². The maximum atomic E-state index is 5.21. The normalized spacial score (nSPS) is 21.5. The molecule has 0 aromatic carbocycles. The Hall–Kier alpha value is 0.210. The minimum Gasteiger partial charge on any atom is -0.269 e. The molecule has 0 spiro atoms. The van der Waals surface area contributed by atoms with E-state index in [1.165, 1.54) is 6.42 Å². The van der Waals surface area contributed by atoms with E-state index in [0.717, 1.165) is 13.1 Å². The maximum absolute atomic E-state index is 5.21. The quantitative estimate of drug-likeness (QED) is 0.442. The van der Waals surface area contributed by atoms with E-state index in [9.17, 15) is 0 Å². The molecule has 38 valence electrons. The lowest BCUT2D eigenvalue weighted by atomic mass is 10.3. The minimum atomic E-state index is 0. The smallest absolute Gasteiger partial charge is 0.0141 e. The van der Waals surface area contributed by atoms with Crippen molar-refractivity contribution in [2.45, 2.75) is 6.42 Å². The summed E-state index contributed by atoms with van der Waals surface area (Å²) >= 11 is 0. The molecule has 6 heavy (non-hydrogen) atoms. The van der Waals surface area contributed by atoms with Crippen LogP contribution in [0.5, 0.6) is 0 Å². The molecule has 1 saturated heterocycles. The zero-order valence-corrected chi connectivity index (χ0v) is 4.37. The van der Waals surface area contributed by atoms with E-state index in [-0.39, 0.29) is 12.4 Å². The Labute approximate surface area is 43.7 Å². The first-order valence-electron chi connectivity index (χ1n) is 1.89. The lowest BCUT2D eigenvalue weighted by Gasteiger charge is -2.24. The van der Waals surface area contributed by atoms with Crippen molar-refractivity contribution in [2.24, 2.45) is 5.84 Å². The van der Waals surface area contributed by atoms with E-state index < -0.39 is 0 Å². The Balaban J connectivity index is 0.000000250. The third-order valence-corrected chi connectivity index (χ3v) is 0.891. The molecule has 0 atom stereocenters. The van der Waals surface area contributed by atoms with Crippen molar-refractivity contribution in [3.63, 3.8) is 0 Å². The van der Waals surface area contributed by atoms with Crippen LogP contribution in [-0.2, 0) is 0 Å². The van der Waals surface area contributed by atoms with Gasteiger partial charge in [-0.15, -0.1) is 12.4 Å². The molecular weight excluding hydrogens is 99.5 g/mol. The molecule has 1 aliphatic heterocycles. The summed E-state index contributed by atoms with van der Waals surface area (Å²) in [4.78, 5) is 0. The summed E-state index contributed by atoms with van der Waals surface area (Å²) in [5, 5.41) is 1.81. The van der Waals surface area contributed by atoms with Crippen molar-refractivity contribution in [3.8, 4) is 0 Å². The van der Waals surface area contributed by atoms with E-state index in [1.807, 2.05) is 0 Å². The summed E-state index contributed by atoms with van der Waals surface area (Å²) in [5.41, 5.74) is 0. The highest BCUT2D eigenvalue weighted by Gasteiger charge is 2.05. The van der Waals surface area contributed by atoms with Crippen LogP contribution in [0, 0.1) is 0 Å². The number of halogens is 1. The number of rotatable bonds is 0. The van der Waals surface area contributed by atoms with E-state index in [0.29, 0.717) is 0 Å².